The molecule has 0 bridgehead atoms. The number of nitrogens with zero attached hydrogens (tertiary/aromatic N) is 2. The van der Waals surface area contributed by atoms with Gasteiger partial charge < -0.3 is 4.90 Å². The van der Waals surface area contributed by atoms with Gasteiger partial charge in [-0.25, -0.2) is 12.8 Å². The summed E-state index contributed by atoms with van der Waals surface area (Å²) in [4.78, 5) is 2.21. The van der Waals surface area contributed by atoms with Crippen LogP contribution in [-0.4, -0.2) is 38.9 Å². The van der Waals surface area contributed by atoms with Crippen LogP contribution in [0.3, 0.4) is 0 Å². The first-order valence-electron chi connectivity index (χ1n) is 7.65. The molecule has 128 valence electrons. The van der Waals surface area contributed by atoms with Crippen LogP contribution in [0.25, 0.3) is 0 Å². The van der Waals surface area contributed by atoms with Gasteiger partial charge in [0.25, 0.3) is 0 Å². The summed E-state index contributed by atoms with van der Waals surface area (Å²) in [7, 11) is -3.66. The molecule has 1 heterocycles. The maximum absolute atomic E-state index is 13.3. The molecule has 0 atom stereocenters. The van der Waals surface area contributed by atoms with E-state index in [4.69, 9.17) is 11.6 Å². The quantitative estimate of drug-likeness (QED) is 0.834. The second-order valence-electron chi connectivity index (χ2n) is 5.75. The molecule has 1 fully saturated rings. The molecule has 1 saturated heterocycles. The first-order chi connectivity index (χ1) is 11.4. The van der Waals surface area contributed by atoms with Gasteiger partial charge in [-0.15, -0.1) is 0 Å². The van der Waals surface area contributed by atoms with E-state index in [1.165, 1.54) is 22.0 Å². The Morgan fingerprint density at radius 3 is 2.33 bits per heavy atom. The van der Waals surface area contributed by atoms with Crippen molar-refractivity contribution in [1.82, 2.24) is 4.31 Å². The molecule has 7 heteroatoms. The molecule has 0 spiro atoms. The number of sulfonamides is 1. The van der Waals surface area contributed by atoms with Gasteiger partial charge in [-0.05, 0) is 36.8 Å². The number of benzene rings is 2. The number of para-hydroxylation sites is 1. The molecule has 4 nitrogen and oxygen atoms in total. The van der Waals surface area contributed by atoms with Crippen molar-refractivity contribution in [2.75, 3.05) is 31.1 Å². The molecular weight excluding hydrogens is 351 g/mol. The highest BCUT2D eigenvalue weighted by molar-refractivity contribution is 7.89. The van der Waals surface area contributed by atoms with Gasteiger partial charge in [-0.2, -0.15) is 4.31 Å². The van der Waals surface area contributed by atoms with Crippen molar-refractivity contribution < 1.29 is 12.8 Å². The third kappa shape index (κ3) is 3.27. The fraction of sp³-hybridized carbons (Fsp3) is 0.294. The summed E-state index contributed by atoms with van der Waals surface area (Å²) in [6, 6.07) is 11.5. The van der Waals surface area contributed by atoms with E-state index in [2.05, 4.69) is 4.90 Å². The first-order valence-corrected chi connectivity index (χ1v) is 9.47. The number of hydrogen-bond donors (Lipinski definition) is 0. The van der Waals surface area contributed by atoms with Gasteiger partial charge in [0.15, 0.2) is 0 Å². The fourth-order valence-electron chi connectivity index (χ4n) is 2.87. The zero-order valence-electron chi connectivity index (χ0n) is 13.2. The summed E-state index contributed by atoms with van der Waals surface area (Å²) in [5, 5.41) is -0.186. The Labute approximate surface area is 146 Å². The van der Waals surface area contributed by atoms with Crippen LogP contribution in [0.1, 0.15) is 5.56 Å². The monoisotopic (exact) mass is 368 g/mol. The molecule has 0 amide bonds. The predicted octanol–water partition coefficient (Wildman–Crippen LogP) is 3.30. The maximum Gasteiger partial charge on any atom is 0.243 e. The van der Waals surface area contributed by atoms with Crippen LogP contribution in [-0.2, 0) is 10.0 Å². The maximum atomic E-state index is 13.3. The van der Waals surface area contributed by atoms with Crippen LogP contribution in [0.4, 0.5) is 10.1 Å². The Morgan fingerprint density at radius 2 is 1.71 bits per heavy atom. The topological polar surface area (TPSA) is 40.6 Å². The molecule has 0 saturated carbocycles. The predicted molar refractivity (Wildman–Crippen MR) is 93.6 cm³/mol. The number of halogens is 2. The van der Waals surface area contributed by atoms with Crippen molar-refractivity contribution in [3.63, 3.8) is 0 Å². The standard InChI is InChI=1S/C17H18ClFN2O2S/c1-13-4-2-3-5-17(13)20-8-10-21(11-9-20)24(22,23)14-6-7-16(19)15(18)12-14/h2-7,12H,8-11H2,1H3. The Hall–Kier alpha value is -1.63. The summed E-state index contributed by atoms with van der Waals surface area (Å²) < 4.78 is 40.1. The Morgan fingerprint density at radius 1 is 1.04 bits per heavy atom. The molecule has 3 rings (SSSR count). The molecular formula is C17H18ClFN2O2S. The summed E-state index contributed by atoms with van der Waals surface area (Å²) in [5.74, 6) is -0.625. The molecule has 2 aromatic carbocycles. The Kier molecular flexibility index (Phi) is 4.80. The Balaban J connectivity index is 1.76. The molecule has 1 aliphatic heterocycles. The van der Waals surface area contributed by atoms with Gasteiger partial charge in [0.1, 0.15) is 5.82 Å². The van der Waals surface area contributed by atoms with Gasteiger partial charge in [0.2, 0.25) is 10.0 Å². The van der Waals surface area contributed by atoms with E-state index in [0.29, 0.717) is 26.2 Å². The second-order valence-corrected chi connectivity index (χ2v) is 8.10. The summed E-state index contributed by atoms with van der Waals surface area (Å²) in [6.45, 7) is 4.02. The van der Waals surface area contributed by atoms with E-state index in [9.17, 15) is 12.8 Å². The van der Waals surface area contributed by atoms with Crippen molar-refractivity contribution in [1.29, 1.82) is 0 Å². The van der Waals surface area contributed by atoms with Crippen LogP contribution in [0, 0.1) is 12.7 Å². The minimum atomic E-state index is -3.66. The van der Waals surface area contributed by atoms with Crippen LogP contribution < -0.4 is 4.90 Å². The average molecular weight is 369 g/mol. The summed E-state index contributed by atoms with van der Waals surface area (Å²) in [5.41, 5.74) is 2.29. The van der Waals surface area contributed by atoms with Gasteiger partial charge >= 0.3 is 0 Å². The van der Waals surface area contributed by atoms with Gasteiger partial charge in [-0.1, -0.05) is 29.8 Å². The zero-order chi connectivity index (χ0) is 17.3. The van der Waals surface area contributed by atoms with Crippen LogP contribution in [0.2, 0.25) is 5.02 Å². The molecule has 2 aromatic rings. The van der Waals surface area contributed by atoms with E-state index < -0.39 is 15.8 Å². The highest BCUT2D eigenvalue weighted by Gasteiger charge is 2.29. The van der Waals surface area contributed by atoms with Gasteiger partial charge in [0.05, 0.1) is 9.92 Å². The highest BCUT2D eigenvalue weighted by atomic mass is 35.5. The number of aryl methyl sites for hydroxylation is 1. The second kappa shape index (κ2) is 6.70. The van der Waals surface area contributed by atoms with Gasteiger partial charge in [-0.3, -0.25) is 0 Å². The molecule has 1 aliphatic rings. The van der Waals surface area contributed by atoms with Crippen molar-refractivity contribution in [2.45, 2.75) is 11.8 Å². The third-order valence-corrected chi connectivity index (χ3v) is 6.41. The SMILES string of the molecule is Cc1ccccc1N1CCN(S(=O)(=O)c2ccc(F)c(Cl)c2)CC1. The smallest absolute Gasteiger partial charge is 0.243 e. The first kappa shape index (κ1) is 17.2. The molecule has 0 aliphatic carbocycles. The summed E-state index contributed by atoms with van der Waals surface area (Å²) in [6.07, 6.45) is 0. The normalized spacial score (nSPS) is 16.4. The molecule has 0 radical (unpaired) electrons. The van der Waals surface area contributed by atoms with E-state index in [0.717, 1.165) is 11.8 Å². The van der Waals surface area contributed by atoms with E-state index in [-0.39, 0.29) is 9.92 Å². The van der Waals surface area contributed by atoms with Crippen molar-refractivity contribution in [3.8, 4) is 0 Å². The highest BCUT2D eigenvalue weighted by Crippen LogP contribution is 2.25. The third-order valence-electron chi connectivity index (χ3n) is 4.22. The van der Waals surface area contributed by atoms with Crippen LogP contribution >= 0.6 is 11.6 Å². The zero-order valence-corrected chi connectivity index (χ0v) is 14.8. The number of rotatable bonds is 3. The Bertz CT molecular complexity index is 849. The molecule has 0 N–H and O–H groups in total. The minimum absolute atomic E-state index is 0.0261. The molecule has 0 aromatic heterocycles. The van der Waals surface area contributed by atoms with Crippen LogP contribution in [0.15, 0.2) is 47.4 Å². The van der Waals surface area contributed by atoms with E-state index >= 15 is 0 Å². The average Bonchev–Trinajstić information content (AvgIpc) is 2.58. The molecule has 24 heavy (non-hydrogen) atoms. The lowest BCUT2D eigenvalue weighted by Gasteiger charge is -2.36. The van der Waals surface area contributed by atoms with E-state index in [1.807, 2.05) is 31.2 Å². The van der Waals surface area contributed by atoms with E-state index in [1.54, 1.807) is 0 Å². The fourth-order valence-corrected chi connectivity index (χ4v) is 4.57. The van der Waals surface area contributed by atoms with Gasteiger partial charge in [0, 0.05) is 31.9 Å². The number of piperazine rings is 1. The lowest BCUT2D eigenvalue weighted by atomic mass is 10.1. The number of hydrogen-bond acceptors (Lipinski definition) is 3. The molecule has 0 unspecified atom stereocenters. The van der Waals surface area contributed by atoms with Crippen molar-refractivity contribution in [2.24, 2.45) is 0 Å². The van der Waals surface area contributed by atoms with Crippen LogP contribution in [0.5, 0.6) is 0 Å². The summed E-state index contributed by atoms with van der Waals surface area (Å²) >= 11 is 5.71. The lowest BCUT2D eigenvalue weighted by molar-refractivity contribution is 0.384. The minimum Gasteiger partial charge on any atom is -0.369 e. The lowest BCUT2D eigenvalue weighted by Crippen LogP contribution is -2.48. The van der Waals surface area contributed by atoms with Crippen molar-refractivity contribution in [3.05, 3.63) is 58.9 Å². The number of anilines is 1. The largest absolute Gasteiger partial charge is 0.369 e. The van der Waals surface area contributed by atoms with Crippen molar-refractivity contribution >= 4 is 27.3 Å².